The Morgan fingerprint density at radius 3 is 2.00 bits per heavy atom. The van der Waals surface area contributed by atoms with Crippen molar-refractivity contribution in [3.8, 4) is 0 Å². The third-order valence-corrected chi connectivity index (χ3v) is 1.78. The van der Waals surface area contributed by atoms with Crippen LogP contribution < -0.4 is 0 Å². The van der Waals surface area contributed by atoms with Crippen LogP contribution in [0.1, 0.15) is 26.7 Å². The average Bonchev–Trinajstić information content (AvgIpc) is 1.99. The van der Waals surface area contributed by atoms with E-state index in [0.717, 1.165) is 0 Å². The van der Waals surface area contributed by atoms with Gasteiger partial charge in [0.05, 0.1) is 18.8 Å². The maximum Gasteiger partial charge on any atom is 0.0771 e. The van der Waals surface area contributed by atoms with Crippen LogP contribution in [0.3, 0.4) is 0 Å². The van der Waals surface area contributed by atoms with Crippen molar-refractivity contribution in [1.29, 1.82) is 0 Å². The number of aliphatic hydroxyl groups excluding tert-OH is 3. The molecule has 0 spiro atoms. The molecule has 0 aromatic carbocycles. The first-order chi connectivity index (χ1) is 5.07. The van der Waals surface area contributed by atoms with Gasteiger partial charge < -0.3 is 15.3 Å². The molecular formula is C8H18O3. The molecule has 3 nitrogen and oxygen atoms in total. The summed E-state index contributed by atoms with van der Waals surface area (Å²) >= 11 is 0. The largest absolute Gasteiger partial charge is 0.394 e. The molecule has 3 heteroatoms. The predicted molar refractivity (Wildman–Crippen MR) is 43.2 cm³/mol. The van der Waals surface area contributed by atoms with Gasteiger partial charge in [0.2, 0.25) is 0 Å². The van der Waals surface area contributed by atoms with Crippen LogP contribution in [0.15, 0.2) is 0 Å². The highest BCUT2D eigenvalue weighted by Crippen LogP contribution is 2.09. The van der Waals surface area contributed by atoms with Crippen LogP contribution >= 0.6 is 0 Å². The van der Waals surface area contributed by atoms with Gasteiger partial charge in [-0.2, -0.15) is 0 Å². The van der Waals surface area contributed by atoms with Gasteiger partial charge in [0.1, 0.15) is 0 Å². The molecule has 0 fully saturated rings. The van der Waals surface area contributed by atoms with Crippen molar-refractivity contribution >= 4 is 0 Å². The SMILES string of the molecule is CC(C)C(O)CC[C@H](O)CO. The summed E-state index contributed by atoms with van der Waals surface area (Å²) in [7, 11) is 0. The molecule has 0 bridgehead atoms. The minimum absolute atomic E-state index is 0.217. The van der Waals surface area contributed by atoms with Crippen molar-refractivity contribution in [3.05, 3.63) is 0 Å². The zero-order chi connectivity index (χ0) is 8.85. The van der Waals surface area contributed by atoms with Gasteiger partial charge in [0.15, 0.2) is 0 Å². The van der Waals surface area contributed by atoms with Crippen LogP contribution in [0, 0.1) is 5.92 Å². The molecular weight excluding hydrogens is 144 g/mol. The third-order valence-electron chi connectivity index (χ3n) is 1.78. The predicted octanol–water partition coefficient (Wildman–Crippen LogP) is 0.137. The van der Waals surface area contributed by atoms with E-state index in [9.17, 15) is 5.11 Å². The Morgan fingerprint density at radius 2 is 1.64 bits per heavy atom. The highest BCUT2D eigenvalue weighted by Gasteiger charge is 2.11. The van der Waals surface area contributed by atoms with Crippen molar-refractivity contribution < 1.29 is 15.3 Å². The monoisotopic (exact) mass is 162 g/mol. The summed E-state index contributed by atoms with van der Waals surface area (Å²) < 4.78 is 0. The Kier molecular flexibility index (Phi) is 5.46. The molecule has 0 saturated carbocycles. The van der Waals surface area contributed by atoms with E-state index >= 15 is 0 Å². The van der Waals surface area contributed by atoms with Gasteiger partial charge >= 0.3 is 0 Å². The normalized spacial score (nSPS) is 16.9. The number of rotatable bonds is 5. The van der Waals surface area contributed by atoms with Gasteiger partial charge in [-0.3, -0.25) is 0 Å². The fourth-order valence-electron chi connectivity index (χ4n) is 0.788. The Bertz CT molecular complexity index is 93.3. The summed E-state index contributed by atoms with van der Waals surface area (Å²) in [4.78, 5) is 0. The lowest BCUT2D eigenvalue weighted by molar-refractivity contribution is 0.0564. The van der Waals surface area contributed by atoms with Gasteiger partial charge in [-0.15, -0.1) is 0 Å². The van der Waals surface area contributed by atoms with Crippen LogP contribution in [0.5, 0.6) is 0 Å². The van der Waals surface area contributed by atoms with Crippen molar-refractivity contribution in [2.45, 2.75) is 38.9 Å². The van der Waals surface area contributed by atoms with Crippen LogP contribution in [0.4, 0.5) is 0 Å². The summed E-state index contributed by atoms with van der Waals surface area (Å²) in [5.74, 6) is 0.223. The molecule has 0 saturated heterocycles. The molecule has 0 aromatic rings. The van der Waals surface area contributed by atoms with E-state index in [1.807, 2.05) is 13.8 Å². The maximum absolute atomic E-state index is 9.28. The van der Waals surface area contributed by atoms with E-state index < -0.39 is 6.10 Å². The molecule has 0 aliphatic rings. The molecule has 0 aliphatic carbocycles. The van der Waals surface area contributed by atoms with Gasteiger partial charge in [0.25, 0.3) is 0 Å². The Labute approximate surface area is 67.7 Å². The lowest BCUT2D eigenvalue weighted by Gasteiger charge is -2.15. The maximum atomic E-state index is 9.28. The Morgan fingerprint density at radius 1 is 1.09 bits per heavy atom. The molecule has 0 rings (SSSR count). The van der Waals surface area contributed by atoms with Gasteiger partial charge in [-0.25, -0.2) is 0 Å². The molecule has 0 amide bonds. The van der Waals surface area contributed by atoms with Crippen molar-refractivity contribution in [3.63, 3.8) is 0 Å². The first-order valence-corrected chi connectivity index (χ1v) is 4.05. The molecule has 2 atom stereocenters. The third kappa shape index (κ3) is 5.18. The second-order valence-electron chi connectivity index (χ2n) is 3.23. The fourth-order valence-corrected chi connectivity index (χ4v) is 0.788. The molecule has 1 unspecified atom stereocenters. The molecule has 0 aliphatic heterocycles. The summed E-state index contributed by atoms with van der Waals surface area (Å²) in [6.45, 7) is 3.64. The van der Waals surface area contributed by atoms with Crippen molar-refractivity contribution in [2.24, 2.45) is 5.92 Å². The van der Waals surface area contributed by atoms with E-state index in [1.165, 1.54) is 0 Å². The fraction of sp³-hybridized carbons (Fsp3) is 1.00. The minimum atomic E-state index is -0.677. The lowest BCUT2D eigenvalue weighted by Crippen LogP contribution is -2.19. The van der Waals surface area contributed by atoms with E-state index in [1.54, 1.807) is 0 Å². The quantitative estimate of drug-likeness (QED) is 0.539. The molecule has 0 radical (unpaired) electrons. The van der Waals surface area contributed by atoms with Crippen molar-refractivity contribution in [1.82, 2.24) is 0 Å². The van der Waals surface area contributed by atoms with Crippen LogP contribution in [-0.4, -0.2) is 34.1 Å². The van der Waals surface area contributed by atoms with Crippen LogP contribution in [0.2, 0.25) is 0 Å². The Hall–Kier alpha value is -0.120. The van der Waals surface area contributed by atoms with Gasteiger partial charge in [-0.05, 0) is 18.8 Å². The second kappa shape index (κ2) is 5.52. The first kappa shape index (κ1) is 10.9. The number of hydrogen-bond acceptors (Lipinski definition) is 3. The molecule has 11 heavy (non-hydrogen) atoms. The number of aliphatic hydroxyl groups is 3. The summed E-state index contributed by atoms with van der Waals surface area (Å²) in [6, 6.07) is 0. The van der Waals surface area contributed by atoms with Gasteiger partial charge in [0, 0.05) is 0 Å². The van der Waals surface area contributed by atoms with Crippen LogP contribution in [0.25, 0.3) is 0 Å². The van der Waals surface area contributed by atoms with E-state index in [2.05, 4.69) is 0 Å². The summed E-state index contributed by atoms with van der Waals surface area (Å²) in [5, 5.41) is 26.7. The highest BCUT2D eigenvalue weighted by atomic mass is 16.3. The van der Waals surface area contributed by atoms with Gasteiger partial charge in [-0.1, -0.05) is 13.8 Å². The van der Waals surface area contributed by atoms with Crippen LogP contribution in [-0.2, 0) is 0 Å². The standard InChI is InChI=1S/C8H18O3/c1-6(2)8(11)4-3-7(10)5-9/h6-11H,3-5H2,1-2H3/t7-,8?/m0/s1. The zero-order valence-electron chi connectivity index (χ0n) is 7.20. The molecule has 0 aromatic heterocycles. The lowest BCUT2D eigenvalue weighted by atomic mass is 10.0. The highest BCUT2D eigenvalue weighted by molar-refractivity contribution is 4.62. The molecule has 0 heterocycles. The van der Waals surface area contributed by atoms with Crippen molar-refractivity contribution in [2.75, 3.05) is 6.61 Å². The summed E-state index contributed by atoms with van der Waals surface area (Å²) in [5.41, 5.74) is 0. The minimum Gasteiger partial charge on any atom is -0.394 e. The Balaban J connectivity index is 3.37. The van der Waals surface area contributed by atoms with E-state index in [0.29, 0.717) is 12.8 Å². The number of hydrogen-bond donors (Lipinski definition) is 3. The van der Waals surface area contributed by atoms with E-state index in [4.69, 9.17) is 10.2 Å². The average molecular weight is 162 g/mol. The zero-order valence-corrected chi connectivity index (χ0v) is 7.20. The smallest absolute Gasteiger partial charge is 0.0771 e. The second-order valence-corrected chi connectivity index (χ2v) is 3.23. The molecule has 3 N–H and O–H groups in total. The van der Waals surface area contributed by atoms with E-state index in [-0.39, 0.29) is 18.6 Å². The topological polar surface area (TPSA) is 60.7 Å². The summed E-state index contributed by atoms with van der Waals surface area (Å²) in [6.07, 6.45) is -0.0190. The molecule has 68 valence electrons. The first-order valence-electron chi connectivity index (χ1n) is 4.05.